The van der Waals surface area contributed by atoms with Crippen molar-refractivity contribution in [3.05, 3.63) is 11.8 Å². The zero-order valence-electron chi connectivity index (χ0n) is 5.39. The Morgan fingerprint density at radius 2 is 1.88 bits per heavy atom. The molecule has 40 valence electrons. The number of carbonyl (C=O) groups is 1. The summed E-state index contributed by atoms with van der Waals surface area (Å²) in [5, 5.41) is 9.98. The number of hydrogen-bond donors (Lipinski definition) is 0. The molecule has 0 unspecified atom stereocenters. The zero-order chi connectivity index (χ0) is 5.86. The summed E-state index contributed by atoms with van der Waals surface area (Å²) in [7, 11) is 0. The molecule has 0 heterocycles. The summed E-state index contributed by atoms with van der Waals surface area (Å²) in [5.41, 5.74) is 0. The molecule has 0 fully saturated rings. The van der Waals surface area contributed by atoms with Crippen molar-refractivity contribution in [3.8, 4) is 0 Å². The molecule has 0 aliphatic rings. The van der Waals surface area contributed by atoms with Crippen LogP contribution < -0.4 is 24.0 Å². The summed E-state index contributed by atoms with van der Waals surface area (Å²) in [6.07, 6.45) is 1.06. The van der Waals surface area contributed by atoms with Gasteiger partial charge in [-0.2, -0.15) is 0 Å². The van der Waals surface area contributed by atoms with Crippen molar-refractivity contribution < 1.29 is 28.8 Å². The zero-order valence-corrected chi connectivity index (χ0v) is 5.39. The molecular formula is C5H7LiO2. The summed E-state index contributed by atoms with van der Waals surface area (Å²) < 4.78 is 0. The quantitative estimate of drug-likeness (QED) is 0.201. The monoisotopic (exact) mass is 106 g/mol. The van der Waals surface area contributed by atoms with Gasteiger partial charge in [0.15, 0.2) is 5.78 Å². The van der Waals surface area contributed by atoms with E-state index in [1.807, 2.05) is 0 Å². The predicted molar refractivity (Wildman–Crippen MR) is 24.4 cm³/mol. The Morgan fingerprint density at radius 3 is 1.88 bits per heavy atom. The molecule has 0 aromatic rings. The van der Waals surface area contributed by atoms with Gasteiger partial charge in [-0.3, -0.25) is 4.79 Å². The Kier molecular flexibility index (Phi) is 6.64. The first kappa shape index (κ1) is 10.7. The van der Waals surface area contributed by atoms with E-state index in [0.717, 1.165) is 6.08 Å². The van der Waals surface area contributed by atoms with Crippen molar-refractivity contribution in [2.45, 2.75) is 13.8 Å². The number of allylic oxidation sites excluding steroid dienone is 2. The van der Waals surface area contributed by atoms with Gasteiger partial charge in [-0.25, -0.2) is 0 Å². The van der Waals surface area contributed by atoms with E-state index in [1.165, 1.54) is 13.8 Å². The molecule has 0 saturated heterocycles. The number of hydrogen-bond acceptors (Lipinski definition) is 2. The molecule has 3 heteroatoms. The Labute approximate surface area is 60.8 Å². The van der Waals surface area contributed by atoms with Gasteiger partial charge in [0, 0.05) is 0 Å². The molecule has 2 nitrogen and oxygen atoms in total. The molecule has 0 aromatic carbocycles. The van der Waals surface area contributed by atoms with Gasteiger partial charge in [-0.1, -0.05) is 6.92 Å². The molecule has 0 amide bonds. The van der Waals surface area contributed by atoms with Crippen LogP contribution in [-0.4, -0.2) is 5.78 Å². The fourth-order valence-electron chi connectivity index (χ4n) is 0.286. The summed E-state index contributed by atoms with van der Waals surface area (Å²) in [5.74, 6) is -0.375. The molecule has 0 aliphatic carbocycles. The summed E-state index contributed by atoms with van der Waals surface area (Å²) in [6, 6.07) is 0. The summed E-state index contributed by atoms with van der Waals surface area (Å²) >= 11 is 0. The normalized spacial score (nSPS) is 10.0. The summed E-state index contributed by atoms with van der Waals surface area (Å²) in [4.78, 5) is 9.98. The minimum atomic E-state index is -0.187. The average molecular weight is 106 g/mol. The fourth-order valence-corrected chi connectivity index (χ4v) is 0.286. The van der Waals surface area contributed by atoms with Crippen LogP contribution in [0.3, 0.4) is 0 Å². The van der Waals surface area contributed by atoms with Crippen LogP contribution in [-0.2, 0) is 4.79 Å². The first-order valence-electron chi connectivity index (χ1n) is 1.99. The van der Waals surface area contributed by atoms with Crippen molar-refractivity contribution in [2.24, 2.45) is 0 Å². The fraction of sp³-hybridized carbons (Fsp3) is 0.400. The van der Waals surface area contributed by atoms with Gasteiger partial charge in [-0.15, -0.1) is 5.76 Å². The molecule has 0 aromatic heterocycles. The van der Waals surface area contributed by atoms with E-state index in [-0.39, 0.29) is 30.4 Å². The SMILES string of the molecule is CC(=O)C=C(C)[O-].[Li+]. The van der Waals surface area contributed by atoms with Crippen LogP contribution in [0.1, 0.15) is 13.8 Å². The van der Waals surface area contributed by atoms with Crippen molar-refractivity contribution in [3.63, 3.8) is 0 Å². The molecular weight excluding hydrogens is 99.0 g/mol. The third-order valence-electron chi connectivity index (χ3n) is 0.407. The van der Waals surface area contributed by atoms with E-state index in [1.54, 1.807) is 0 Å². The van der Waals surface area contributed by atoms with Crippen LogP contribution in [0.4, 0.5) is 0 Å². The van der Waals surface area contributed by atoms with Gasteiger partial charge in [0.25, 0.3) is 0 Å². The number of rotatable bonds is 1. The first-order chi connectivity index (χ1) is 3.13. The largest absolute Gasteiger partial charge is 1.00 e. The van der Waals surface area contributed by atoms with Crippen LogP contribution in [0.15, 0.2) is 11.8 Å². The minimum absolute atomic E-state index is 0. The molecule has 0 bridgehead atoms. The number of ketones is 1. The predicted octanol–water partition coefficient (Wildman–Crippen LogP) is -3.16. The average Bonchev–Trinajstić information content (AvgIpc) is 1.27. The standard InChI is InChI=1S/C5H8O2.Li/c1-4(6)3-5(2)7;/h3,6H,1-2H3;/q;+1/p-1. The third-order valence-corrected chi connectivity index (χ3v) is 0.407. The Balaban J connectivity index is 0. The molecule has 0 N–H and O–H groups in total. The first-order valence-corrected chi connectivity index (χ1v) is 1.99. The van der Waals surface area contributed by atoms with E-state index >= 15 is 0 Å². The maximum absolute atomic E-state index is 9.98. The van der Waals surface area contributed by atoms with Gasteiger partial charge in [-0.05, 0) is 13.0 Å². The topological polar surface area (TPSA) is 40.1 Å². The van der Waals surface area contributed by atoms with Crippen molar-refractivity contribution in [2.75, 3.05) is 0 Å². The van der Waals surface area contributed by atoms with Crippen LogP contribution in [0.25, 0.3) is 0 Å². The molecule has 0 saturated carbocycles. The number of carbonyl (C=O) groups excluding carboxylic acids is 1. The maximum atomic E-state index is 9.98. The second-order valence-corrected chi connectivity index (χ2v) is 1.37. The van der Waals surface area contributed by atoms with E-state index < -0.39 is 0 Å². The van der Waals surface area contributed by atoms with E-state index in [4.69, 9.17) is 0 Å². The van der Waals surface area contributed by atoms with E-state index in [2.05, 4.69) is 0 Å². The van der Waals surface area contributed by atoms with Crippen molar-refractivity contribution in [1.82, 2.24) is 0 Å². The smallest absolute Gasteiger partial charge is 0.876 e. The molecule has 0 aliphatic heterocycles. The molecule has 0 spiro atoms. The molecule has 0 radical (unpaired) electrons. The Bertz CT molecular complexity index is 103. The van der Waals surface area contributed by atoms with Crippen molar-refractivity contribution in [1.29, 1.82) is 0 Å². The second-order valence-electron chi connectivity index (χ2n) is 1.37. The van der Waals surface area contributed by atoms with Crippen LogP contribution >= 0.6 is 0 Å². The second kappa shape index (κ2) is 4.95. The van der Waals surface area contributed by atoms with Crippen LogP contribution in [0, 0.1) is 0 Å². The van der Waals surface area contributed by atoms with Gasteiger partial charge in [0.1, 0.15) is 0 Å². The van der Waals surface area contributed by atoms with E-state index in [9.17, 15) is 9.90 Å². The van der Waals surface area contributed by atoms with Crippen LogP contribution in [0.5, 0.6) is 0 Å². The van der Waals surface area contributed by atoms with Crippen LogP contribution in [0.2, 0.25) is 0 Å². The van der Waals surface area contributed by atoms with E-state index in [0.29, 0.717) is 0 Å². The van der Waals surface area contributed by atoms with Gasteiger partial charge >= 0.3 is 18.9 Å². The molecule has 0 rings (SSSR count). The summed E-state index contributed by atoms with van der Waals surface area (Å²) in [6.45, 7) is 2.70. The third kappa shape index (κ3) is 9.26. The molecule has 8 heavy (non-hydrogen) atoms. The van der Waals surface area contributed by atoms with Gasteiger partial charge in [0.05, 0.1) is 0 Å². The minimum Gasteiger partial charge on any atom is -0.876 e. The van der Waals surface area contributed by atoms with Gasteiger partial charge < -0.3 is 5.11 Å². The Hall–Kier alpha value is -0.193. The molecule has 0 atom stereocenters. The Morgan fingerprint density at radius 1 is 1.50 bits per heavy atom. The van der Waals surface area contributed by atoms with Crippen molar-refractivity contribution >= 4 is 5.78 Å². The van der Waals surface area contributed by atoms with Gasteiger partial charge in [0.2, 0.25) is 0 Å². The maximum Gasteiger partial charge on any atom is 1.00 e.